The molecule has 0 aromatic heterocycles. The molecule has 1 unspecified atom stereocenters. The van der Waals surface area contributed by atoms with Crippen LogP contribution in [0, 0.1) is 0 Å². The minimum atomic E-state index is -4.72. The predicted octanol–water partition coefficient (Wildman–Crippen LogP) is 5.89. The zero-order valence-corrected chi connectivity index (χ0v) is 16.3. The number of alkyl halides is 3. The summed E-state index contributed by atoms with van der Waals surface area (Å²) in [5, 5.41) is 9.75. The Hall–Kier alpha value is -0.846. The van der Waals surface area contributed by atoms with Gasteiger partial charge in [0, 0.05) is 6.42 Å². The van der Waals surface area contributed by atoms with Crippen molar-refractivity contribution < 1.29 is 35.3 Å². The molecule has 0 aliphatic carbocycles. The first kappa shape index (κ1) is 22.2. The van der Waals surface area contributed by atoms with E-state index < -0.39 is 35.2 Å². The van der Waals surface area contributed by atoms with Gasteiger partial charge in [-0.05, 0) is 24.6 Å². The number of nitrogens with zero attached hydrogens (tertiary/aromatic N) is 1. The summed E-state index contributed by atoms with van der Waals surface area (Å²) < 4.78 is 38.8. The monoisotopic (exact) mass is 425 g/mol. The molecule has 2 aromatic rings. The second-order valence-corrected chi connectivity index (χ2v) is 7.86. The van der Waals surface area contributed by atoms with Crippen molar-refractivity contribution in [3.63, 3.8) is 0 Å². The number of benzene rings is 2. The van der Waals surface area contributed by atoms with E-state index in [0.29, 0.717) is 11.3 Å². The van der Waals surface area contributed by atoms with Crippen LogP contribution in [0.2, 0.25) is 0 Å². The first-order valence-corrected chi connectivity index (χ1v) is 11.4. The Morgan fingerprint density at radius 1 is 1.00 bits per heavy atom. The molecule has 0 radical (unpaired) electrons. The van der Waals surface area contributed by atoms with Gasteiger partial charge in [0.05, 0.1) is 11.4 Å². The van der Waals surface area contributed by atoms with Crippen LogP contribution in [-0.4, -0.2) is 22.6 Å². The Morgan fingerprint density at radius 3 is 1.88 bits per heavy atom. The number of hydrogen-bond donors (Lipinski definition) is 1. The summed E-state index contributed by atoms with van der Waals surface area (Å²) in [5.74, 6) is 0. The maximum absolute atomic E-state index is 12.9. The Bertz CT molecular complexity index is 665. The Morgan fingerprint density at radius 2 is 1.44 bits per heavy atom. The summed E-state index contributed by atoms with van der Waals surface area (Å²) in [4.78, 5) is 4.28. The molecule has 0 spiro atoms. The van der Waals surface area contributed by atoms with Crippen LogP contribution in [0.15, 0.2) is 65.7 Å². The second kappa shape index (κ2) is 10.3. The van der Waals surface area contributed by atoms with Crippen LogP contribution in [0.25, 0.3) is 0 Å². The average molecular weight is 426 g/mol. The van der Waals surface area contributed by atoms with E-state index in [1.54, 1.807) is 60.7 Å². The van der Waals surface area contributed by atoms with Crippen molar-refractivity contribution in [2.75, 3.05) is 0 Å². The van der Waals surface area contributed by atoms with Crippen LogP contribution < -0.4 is 0 Å². The predicted molar refractivity (Wildman–Crippen MR) is 92.1 cm³/mol. The molecule has 2 aromatic carbocycles. The molecular formula is C17H16Cl2F3NOTi. The minimum absolute atomic E-state index is 0.189. The molecule has 8 heteroatoms. The zero-order chi connectivity index (χ0) is 18.9. The molecule has 0 saturated heterocycles. The van der Waals surface area contributed by atoms with Gasteiger partial charge in [-0.2, -0.15) is 13.2 Å². The summed E-state index contributed by atoms with van der Waals surface area (Å²) in [6, 6.07) is 17.3. The molecule has 0 bridgehead atoms. The molecule has 2 rings (SSSR count). The molecule has 134 valence electrons. The SMILES string of the molecule is CC(O)(CC(=Nc1ccccc1)c1ccccc1)C(F)(F)F.[Cl][Ti][Cl]. The Kier molecular flexibility index (Phi) is 9.18. The normalized spacial score (nSPS) is 14.1. The van der Waals surface area contributed by atoms with Gasteiger partial charge < -0.3 is 5.11 Å². The van der Waals surface area contributed by atoms with E-state index >= 15 is 0 Å². The summed E-state index contributed by atoms with van der Waals surface area (Å²) in [7, 11) is 9.78. The standard InChI is InChI=1S/C17H16F3NO.2ClH.Ti/c1-16(22,17(18,19)20)12-15(13-8-4-2-5-9-13)21-14-10-6-3-7-11-14;;;/h2-11,22H,12H2,1H3;2*1H;/q;;;+2/p-2. The van der Waals surface area contributed by atoms with E-state index in [1.165, 1.54) is 0 Å². The number of hydrogen-bond acceptors (Lipinski definition) is 2. The van der Waals surface area contributed by atoms with Gasteiger partial charge in [-0.25, -0.2) is 0 Å². The van der Waals surface area contributed by atoms with Gasteiger partial charge >= 0.3 is 41.8 Å². The van der Waals surface area contributed by atoms with Gasteiger partial charge in [0.15, 0.2) is 5.60 Å². The number of aliphatic imine (C=N–C) groups is 1. The van der Waals surface area contributed by atoms with Crippen LogP contribution >= 0.6 is 18.6 Å². The van der Waals surface area contributed by atoms with Crippen molar-refractivity contribution in [3.05, 3.63) is 66.2 Å². The van der Waals surface area contributed by atoms with Crippen LogP contribution in [0.4, 0.5) is 18.9 Å². The molecule has 0 fully saturated rings. The van der Waals surface area contributed by atoms with Crippen molar-refractivity contribution >= 4 is 30.0 Å². The second-order valence-electron chi connectivity index (χ2n) is 5.28. The third-order valence-corrected chi connectivity index (χ3v) is 3.25. The fourth-order valence-electron chi connectivity index (χ4n) is 1.92. The number of halogens is 5. The topological polar surface area (TPSA) is 32.6 Å². The third-order valence-electron chi connectivity index (χ3n) is 3.25. The van der Waals surface area contributed by atoms with Crippen molar-refractivity contribution in [3.8, 4) is 0 Å². The van der Waals surface area contributed by atoms with E-state index in [0.717, 1.165) is 6.92 Å². The van der Waals surface area contributed by atoms with Gasteiger partial charge in [-0.1, -0.05) is 48.5 Å². The molecule has 0 aliphatic heterocycles. The Labute approximate surface area is 161 Å². The molecule has 0 amide bonds. The quantitative estimate of drug-likeness (QED) is 0.480. The molecule has 1 N–H and O–H groups in total. The van der Waals surface area contributed by atoms with Crippen molar-refractivity contribution in [1.82, 2.24) is 0 Å². The van der Waals surface area contributed by atoms with Gasteiger partial charge in [-0.3, -0.25) is 4.99 Å². The van der Waals surface area contributed by atoms with Gasteiger partial charge in [0.2, 0.25) is 0 Å². The van der Waals surface area contributed by atoms with Gasteiger partial charge in [0.25, 0.3) is 0 Å². The third kappa shape index (κ3) is 7.51. The van der Waals surface area contributed by atoms with E-state index in [-0.39, 0.29) is 5.71 Å². The molecule has 25 heavy (non-hydrogen) atoms. The average Bonchev–Trinajstić information content (AvgIpc) is 2.55. The van der Waals surface area contributed by atoms with E-state index in [9.17, 15) is 18.3 Å². The summed E-state index contributed by atoms with van der Waals surface area (Å²) >= 11 is -0.556. The summed E-state index contributed by atoms with van der Waals surface area (Å²) in [6.07, 6.45) is -5.34. The van der Waals surface area contributed by atoms with Crippen LogP contribution in [0.5, 0.6) is 0 Å². The molecule has 1 atom stereocenters. The fourth-order valence-corrected chi connectivity index (χ4v) is 1.92. The molecular weight excluding hydrogens is 410 g/mol. The molecule has 0 saturated carbocycles. The summed E-state index contributed by atoms with van der Waals surface area (Å²) in [6.45, 7) is 0.760. The van der Waals surface area contributed by atoms with Gasteiger partial charge in [-0.15, -0.1) is 0 Å². The maximum atomic E-state index is 12.9. The van der Waals surface area contributed by atoms with Crippen molar-refractivity contribution in [2.45, 2.75) is 25.1 Å². The molecule has 0 heterocycles. The van der Waals surface area contributed by atoms with Gasteiger partial charge in [0.1, 0.15) is 0 Å². The number of aliphatic hydroxyl groups is 1. The van der Waals surface area contributed by atoms with Crippen LogP contribution in [0.3, 0.4) is 0 Å². The van der Waals surface area contributed by atoms with E-state index in [2.05, 4.69) is 4.99 Å². The van der Waals surface area contributed by atoms with Crippen LogP contribution in [-0.2, 0) is 17.0 Å². The van der Waals surface area contributed by atoms with E-state index in [1.807, 2.05) is 0 Å². The Balaban J connectivity index is 0.000000970. The zero-order valence-electron chi connectivity index (χ0n) is 13.3. The summed E-state index contributed by atoms with van der Waals surface area (Å²) in [5.41, 5.74) is -1.56. The number of rotatable bonds is 4. The first-order chi connectivity index (χ1) is 11.7. The van der Waals surface area contributed by atoms with Crippen LogP contribution in [0.1, 0.15) is 18.9 Å². The molecule has 2 nitrogen and oxygen atoms in total. The number of para-hydroxylation sites is 1. The molecule has 0 aliphatic rings. The van der Waals surface area contributed by atoms with E-state index in [4.69, 9.17) is 18.6 Å². The van der Waals surface area contributed by atoms with Crippen molar-refractivity contribution in [2.24, 2.45) is 4.99 Å². The first-order valence-electron chi connectivity index (χ1n) is 7.14. The fraction of sp³-hybridized carbons (Fsp3) is 0.235. The van der Waals surface area contributed by atoms with Crippen molar-refractivity contribution in [1.29, 1.82) is 0 Å².